The Morgan fingerprint density at radius 1 is 0.760 bits per heavy atom. The summed E-state index contributed by atoms with van der Waals surface area (Å²) in [5.41, 5.74) is 0. The van der Waals surface area contributed by atoms with Gasteiger partial charge in [0.1, 0.15) is 6.04 Å². The van der Waals surface area contributed by atoms with E-state index < -0.39 is 12.1 Å². The highest BCUT2D eigenvalue weighted by Crippen LogP contribution is 2.10. The molecule has 1 unspecified atom stereocenters. The third-order valence-electron chi connectivity index (χ3n) is 4.43. The van der Waals surface area contributed by atoms with Crippen LogP contribution in [0.5, 0.6) is 0 Å². The molecule has 5 nitrogen and oxygen atoms in total. The van der Waals surface area contributed by atoms with E-state index in [1.807, 2.05) is 6.92 Å². The van der Waals surface area contributed by atoms with Gasteiger partial charge in [0.05, 0.1) is 13.2 Å². The summed E-state index contributed by atoms with van der Waals surface area (Å²) in [6, 6.07) is -0.618. The number of carbonyl (C=O) groups excluding carboxylic acids is 2. The van der Waals surface area contributed by atoms with Crippen LogP contribution in [0.4, 0.5) is 4.79 Å². The van der Waals surface area contributed by atoms with Crippen LogP contribution in [0, 0.1) is 0 Å². The zero-order chi connectivity index (χ0) is 18.9. The molecule has 1 atom stereocenters. The molecule has 0 aliphatic carbocycles. The van der Waals surface area contributed by atoms with Gasteiger partial charge in [0.25, 0.3) is 0 Å². The maximum atomic E-state index is 12.0. The van der Waals surface area contributed by atoms with Gasteiger partial charge in [-0.05, 0) is 19.8 Å². The molecule has 0 saturated heterocycles. The minimum atomic E-state index is -0.618. The van der Waals surface area contributed by atoms with Crippen LogP contribution in [0.2, 0.25) is 0 Å². The van der Waals surface area contributed by atoms with Crippen LogP contribution in [0.3, 0.4) is 0 Å². The Morgan fingerprint density at radius 3 is 1.80 bits per heavy atom. The van der Waals surface area contributed by atoms with E-state index in [9.17, 15) is 9.59 Å². The van der Waals surface area contributed by atoms with Crippen molar-refractivity contribution < 1.29 is 19.1 Å². The van der Waals surface area contributed by atoms with Crippen molar-refractivity contribution in [2.75, 3.05) is 20.3 Å². The Morgan fingerprint density at radius 2 is 1.24 bits per heavy atom. The van der Waals surface area contributed by atoms with Crippen molar-refractivity contribution in [2.24, 2.45) is 0 Å². The first-order chi connectivity index (χ1) is 12.0. The van der Waals surface area contributed by atoms with E-state index in [0.717, 1.165) is 25.7 Å². The van der Waals surface area contributed by atoms with Gasteiger partial charge in [-0.15, -0.1) is 0 Å². The Labute approximate surface area is 154 Å². The highest BCUT2D eigenvalue weighted by atomic mass is 16.6. The van der Waals surface area contributed by atoms with E-state index >= 15 is 0 Å². The lowest BCUT2D eigenvalue weighted by atomic mass is 10.1. The molecule has 0 aliphatic heterocycles. The summed E-state index contributed by atoms with van der Waals surface area (Å²) in [6.07, 6.45) is 12.4. The lowest BCUT2D eigenvalue weighted by Gasteiger charge is -2.22. The van der Waals surface area contributed by atoms with Crippen LogP contribution in [-0.4, -0.2) is 43.3 Å². The third-order valence-corrected chi connectivity index (χ3v) is 4.43. The minimum Gasteiger partial charge on any atom is -0.464 e. The normalized spacial score (nSPS) is 11.8. The molecule has 0 rings (SSSR count). The second-order valence-corrected chi connectivity index (χ2v) is 6.75. The summed E-state index contributed by atoms with van der Waals surface area (Å²) in [5, 5.41) is 0. The van der Waals surface area contributed by atoms with Crippen LogP contribution >= 0.6 is 0 Å². The third kappa shape index (κ3) is 12.7. The van der Waals surface area contributed by atoms with Crippen LogP contribution in [0.1, 0.15) is 91.4 Å². The van der Waals surface area contributed by atoms with Crippen LogP contribution in [0.15, 0.2) is 0 Å². The zero-order valence-electron chi connectivity index (χ0n) is 16.8. The predicted octanol–water partition coefficient (Wildman–Crippen LogP) is 5.32. The van der Waals surface area contributed by atoms with Crippen molar-refractivity contribution in [2.45, 2.75) is 97.4 Å². The Hall–Kier alpha value is -1.26. The number of amides is 1. The summed E-state index contributed by atoms with van der Waals surface area (Å²) in [5.74, 6) is -0.366. The topological polar surface area (TPSA) is 55.8 Å². The first-order valence-corrected chi connectivity index (χ1v) is 10.1. The van der Waals surface area contributed by atoms with Crippen molar-refractivity contribution in [1.82, 2.24) is 4.90 Å². The average Bonchev–Trinajstić information content (AvgIpc) is 2.61. The molecule has 0 aromatic carbocycles. The number of carbonyl (C=O) groups is 2. The fourth-order valence-electron chi connectivity index (χ4n) is 2.43. The molecule has 0 aliphatic rings. The van der Waals surface area contributed by atoms with Gasteiger partial charge in [-0.3, -0.25) is 4.90 Å². The van der Waals surface area contributed by atoms with Crippen molar-refractivity contribution in [3.8, 4) is 0 Å². The number of unbranched alkanes of at least 4 members (excludes halogenated alkanes) is 9. The fourth-order valence-corrected chi connectivity index (χ4v) is 2.43. The molecule has 0 N–H and O–H groups in total. The van der Waals surface area contributed by atoms with Crippen LogP contribution < -0.4 is 0 Å². The molecule has 5 heteroatoms. The second kappa shape index (κ2) is 16.2. The van der Waals surface area contributed by atoms with Crippen molar-refractivity contribution in [3.05, 3.63) is 0 Å². The molecule has 0 radical (unpaired) electrons. The van der Waals surface area contributed by atoms with Gasteiger partial charge in [0.2, 0.25) is 0 Å². The minimum absolute atomic E-state index is 0.366. The maximum absolute atomic E-state index is 12.0. The summed E-state index contributed by atoms with van der Waals surface area (Å²) in [6.45, 7) is 6.75. The lowest BCUT2D eigenvalue weighted by molar-refractivity contribution is -0.148. The molecule has 0 fully saturated rings. The molecule has 0 spiro atoms. The predicted molar refractivity (Wildman–Crippen MR) is 102 cm³/mol. The lowest BCUT2D eigenvalue weighted by Crippen LogP contribution is -2.41. The first kappa shape index (κ1) is 23.7. The van der Waals surface area contributed by atoms with Crippen molar-refractivity contribution >= 4 is 12.1 Å². The maximum Gasteiger partial charge on any atom is 0.410 e. The molecule has 0 aromatic heterocycles. The number of rotatable bonds is 15. The average molecular weight is 358 g/mol. The summed E-state index contributed by atoms with van der Waals surface area (Å²) in [4.78, 5) is 25.1. The van der Waals surface area contributed by atoms with Crippen molar-refractivity contribution in [3.63, 3.8) is 0 Å². The van der Waals surface area contributed by atoms with Gasteiger partial charge in [0, 0.05) is 7.05 Å². The van der Waals surface area contributed by atoms with Crippen LogP contribution in [-0.2, 0) is 14.3 Å². The number of hydrogen-bond donors (Lipinski definition) is 0. The number of esters is 1. The van der Waals surface area contributed by atoms with Gasteiger partial charge >= 0.3 is 12.1 Å². The summed E-state index contributed by atoms with van der Waals surface area (Å²) < 4.78 is 10.4. The fraction of sp³-hybridized carbons (Fsp3) is 0.900. The van der Waals surface area contributed by atoms with Gasteiger partial charge in [0.15, 0.2) is 0 Å². The molecule has 0 aromatic rings. The molecular formula is C20H39NO4. The summed E-state index contributed by atoms with van der Waals surface area (Å²) in [7, 11) is 1.57. The SMILES string of the molecule is CCCCCCCCCCCOC(=O)C(C)N(C)C(=O)OCCCC. The van der Waals surface area contributed by atoms with Crippen molar-refractivity contribution in [1.29, 1.82) is 0 Å². The van der Waals surface area contributed by atoms with Gasteiger partial charge in [-0.1, -0.05) is 71.6 Å². The number of hydrogen-bond acceptors (Lipinski definition) is 4. The Balaban J connectivity index is 3.68. The van der Waals surface area contributed by atoms with E-state index in [1.165, 1.54) is 49.8 Å². The molecule has 1 amide bonds. The first-order valence-electron chi connectivity index (χ1n) is 10.1. The quantitative estimate of drug-likeness (QED) is 0.294. The highest BCUT2D eigenvalue weighted by Gasteiger charge is 2.24. The highest BCUT2D eigenvalue weighted by molar-refractivity contribution is 5.80. The van der Waals surface area contributed by atoms with Crippen LogP contribution in [0.25, 0.3) is 0 Å². The van der Waals surface area contributed by atoms with Gasteiger partial charge < -0.3 is 9.47 Å². The Bertz CT molecular complexity index is 347. The molecule has 0 bridgehead atoms. The van der Waals surface area contributed by atoms with E-state index in [1.54, 1.807) is 14.0 Å². The van der Waals surface area contributed by atoms with E-state index in [0.29, 0.717) is 13.2 Å². The number of nitrogens with zero attached hydrogens (tertiary/aromatic N) is 1. The Kier molecular flexibility index (Phi) is 15.4. The van der Waals surface area contributed by atoms with Gasteiger partial charge in [-0.25, -0.2) is 9.59 Å². The molecule has 0 saturated carbocycles. The molecular weight excluding hydrogens is 318 g/mol. The number of ether oxygens (including phenoxy) is 2. The molecule has 148 valence electrons. The standard InChI is InChI=1S/C20H39NO4/c1-5-7-9-10-11-12-13-14-15-17-24-19(22)18(3)21(4)20(23)25-16-8-6-2/h18H,5-17H2,1-4H3. The molecule has 25 heavy (non-hydrogen) atoms. The van der Waals surface area contributed by atoms with E-state index in [4.69, 9.17) is 9.47 Å². The molecule has 0 heterocycles. The van der Waals surface area contributed by atoms with Gasteiger partial charge in [-0.2, -0.15) is 0 Å². The summed E-state index contributed by atoms with van der Waals surface area (Å²) >= 11 is 0. The zero-order valence-corrected chi connectivity index (χ0v) is 16.8. The smallest absolute Gasteiger partial charge is 0.410 e. The monoisotopic (exact) mass is 357 g/mol. The number of likely N-dealkylation sites (N-methyl/N-ethyl adjacent to an activating group) is 1. The second-order valence-electron chi connectivity index (χ2n) is 6.75. The largest absolute Gasteiger partial charge is 0.464 e. The van der Waals surface area contributed by atoms with E-state index in [-0.39, 0.29) is 5.97 Å². The van der Waals surface area contributed by atoms with E-state index in [2.05, 4.69) is 6.92 Å².